The minimum Gasteiger partial charge on any atom is -0.359 e. The molecule has 0 unspecified atom stereocenters. The lowest BCUT2D eigenvalue weighted by Gasteiger charge is -2.35. The first-order valence-electron chi connectivity index (χ1n) is 10.2. The number of piperazine rings is 1. The lowest BCUT2D eigenvalue weighted by molar-refractivity contribution is 0.0952. The van der Waals surface area contributed by atoms with Gasteiger partial charge >= 0.3 is 0 Å². The molecule has 1 saturated heterocycles. The van der Waals surface area contributed by atoms with Crippen LogP contribution in [0.3, 0.4) is 0 Å². The average Bonchev–Trinajstić information content (AvgIpc) is 3.20. The Hall–Kier alpha value is -1.57. The number of hydrogen-bond donors (Lipinski definition) is 1. The van der Waals surface area contributed by atoms with Gasteiger partial charge in [-0.1, -0.05) is 35.3 Å². The van der Waals surface area contributed by atoms with Crippen molar-refractivity contribution in [3.63, 3.8) is 0 Å². The van der Waals surface area contributed by atoms with Gasteiger partial charge in [0.05, 0.1) is 15.6 Å². The topological polar surface area (TPSA) is 48.5 Å². The van der Waals surface area contributed by atoms with Gasteiger partial charge in [0.25, 0.3) is 5.91 Å². The van der Waals surface area contributed by atoms with Crippen LogP contribution in [0, 0.1) is 0 Å². The van der Waals surface area contributed by atoms with E-state index in [4.69, 9.17) is 23.2 Å². The molecule has 1 aromatic heterocycles. The molecule has 1 fully saturated rings. The Balaban J connectivity index is 0.00000272. The Morgan fingerprint density at radius 3 is 2.58 bits per heavy atom. The molecular formula is C22H25Cl3N4OS. The number of hydrogen-bond acceptors (Lipinski definition) is 5. The summed E-state index contributed by atoms with van der Waals surface area (Å²) in [4.78, 5) is 17.1. The van der Waals surface area contributed by atoms with E-state index in [2.05, 4.69) is 37.7 Å². The normalized spacial score (nSPS) is 14.5. The summed E-state index contributed by atoms with van der Waals surface area (Å²) >= 11 is 13.5. The summed E-state index contributed by atoms with van der Waals surface area (Å²) in [5.74, 6) is -0.112. The zero-order valence-electron chi connectivity index (χ0n) is 17.0. The summed E-state index contributed by atoms with van der Waals surface area (Å²) in [6, 6.07) is 13.3. The number of benzene rings is 2. The lowest BCUT2D eigenvalue weighted by Crippen LogP contribution is -2.46. The number of carbonyl (C=O) groups excluding carboxylic acids is 1. The van der Waals surface area contributed by atoms with E-state index in [9.17, 15) is 4.79 Å². The van der Waals surface area contributed by atoms with Crippen LogP contribution in [0.25, 0.3) is 10.9 Å². The predicted molar refractivity (Wildman–Crippen MR) is 134 cm³/mol. The molecule has 5 nitrogen and oxygen atoms in total. The van der Waals surface area contributed by atoms with Gasteiger partial charge in [-0.15, -0.1) is 12.4 Å². The first kappa shape index (κ1) is 24.1. The van der Waals surface area contributed by atoms with Crippen molar-refractivity contribution in [1.29, 1.82) is 0 Å². The molecule has 0 radical (unpaired) electrons. The van der Waals surface area contributed by atoms with E-state index in [-0.39, 0.29) is 18.3 Å². The highest BCUT2D eigenvalue weighted by molar-refractivity contribution is 7.11. The molecule has 1 N–H and O–H groups in total. The Kier molecular flexibility index (Phi) is 8.81. The van der Waals surface area contributed by atoms with Crippen LogP contribution in [0.5, 0.6) is 0 Å². The zero-order chi connectivity index (χ0) is 20.9. The Labute approximate surface area is 202 Å². The molecule has 0 bridgehead atoms. The van der Waals surface area contributed by atoms with Crippen molar-refractivity contribution in [3.05, 3.63) is 58.1 Å². The minimum atomic E-state index is -0.112. The number of carbonyl (C=O) groups is 1. The van der Waals surface area contributed by atoms with E-state index in [0.717, 1.165) is 51.1 Å². The monoisotopic (exact) mass is 498 g/mol. The first-order chi connectivity index (χ1) is 14.6. The van der Waals surface area contributed by atoms with Gasteiger partial charge < -0.3 is 10.2 Å². The molecular weight excluding hydrogens is 475 g/mol. The molecule has 2 aromatic carbocycles. The molecule has 1 amide bonds. The fourth-order valence-electron chi connectivity index (χ4n) is 3.68. The summed E-state index contributed by atoms with van der Waals surface area (Å²) < 4.78 is 4.57. The van der Waals surface area contributed by atoms with Crippen LogP contribution in [0.2, 0.25) is 10.0 Å². The maximum absolute atomic E-state index is 12.2. The van der Waals surface area contributed by atoms with Gasteiger partial charge in [0.2, 0.25) is 0 Å². The van der Waals surface area contributed by atoms with Crippen molar-refractivity contribution in [3.8, 4) is 0 Å². The molecule has 0 aliphatic carbocycles. The fraction of sp³-hybridized carbons (Fsp3) is 0.364. The standard InChI is InChI=1S/C22H24Cl2N4OS.ClH/c23-18-8-7-16(15-19(18)24)21(29)25-9-3-4-10-27-11-13-28(14-12-27)22-17-5-1-2-6-20(17)26-30-22;/h1-2,5-8,15H,3-4,9-14H2,(H,25,29);1H. The summed E-state index contributed by atoms with van der Waals surface area (Å²) in [6.45, 7) is 5.88. The molecule has 4 rings (SSSR count). The van der Waals surface area contributed by atoms with Crippen LogP contribution >= 0.6 is 47.1 Å². The number of anilines is 1. The SMILES string of the molecule is Cl.O=C(NCCCCN1CCN(c2snc3ccccc23)CC1)c1ccc(Cl)c(Cl)c1. The third-order valence-electron chi connectivity index (χ3n) is 5.39. The summed E-state index contributed by atoms with van der Waals surface area (Å²) in [6.07, 6.45) is 2.01. The highest BCUT2D eigenvalue weighted by Crippen LogP contribution is 2.31. The second kappa shape index (κ2) is 11.3. The first-order valence-corrected chi connectivity index (χ1v) is 11.7. The van der Waals surface area contributed by atoms with Gasteiger partial charge in [0.1, 0.15) is 5.00 Å². The fourth-order valence-corrected chi connectivity index (χ4v) is 4.89. The number of halogens is 3. The van der Waals surface area contributed by atoms with E-state index < -0.39 is 0 Å². The van der Waals surface area contributed by atoms with E-state index in [1.807, 2.05) is 6.07 Å². The lowest BCUT2D eigenvalue weighted by atomic mass is 10.2. The third-order valence-corrected chi connectivity index (χ3v) is 7.07. The van der Waals surface area contributed by atoms with Gasteiger partial charge in [-0.05, 0) is 61.3 Å². The largest absolute Gasteiger partial charge is 0.359 e. The van der Waals surface area contributed by atoms with Crippen LogP contribution in [0.4, 0.5) is 5.00 Å². The van der Waals surface area contributed by atoms with Crippen LogP contribution in [0.15, 0.2) is 42.5 Å². The summed E-state index contributed by atoms with van der Waals surface area (Å²) in [5, 5.41) is 6.35. The Bertz CT molecular complexity index is 1020. The molecule has 166 valence electrons. The highest BCUT2D eigenvalue weighted by Gasteiger charge is 2.20. The molecule has 1 aliphatic heterocycles. The van der Waals surface area contributed by atoms with Gasteiger partial charge in [-0.3, -0.25) is 9.69 Å². The van der Waals surface area contributed by atoms with Crippen molar-refractivity contribution >= 4 is 69.0 Å². The Morgan fingerprint density at radius 2 is 1.81 bits per heavy atom. The zero-order valence-corrected chi connectivity index (χ0v) is 20.2. The smallest absolute Gasteiger partial charge is 0.251 e. The Morgan fingerprint density at radius 1 is 1.03 bits per heavy atom. The van der Waals surface area contributed by atoms with Crippen LogP contribution in [-0.2, 0) is 0 Å². The quantitative estimate of drug-likeness (QED) is 0.445. The third kappa shape index (κ3) is 6.02. The molecule has 9 heteroatoms. The number of aromatic nitrogens is 1. The van der Waals surface area contributed by atoms with E-state index in [0.29, 0.717) is 22.2 Å². The minimum absolute atomic E-state index is 0. The molecule has 3 aromatic rings. The number of unbranched alkanes of at least 4 members (excludes halogenated alkanes) is 1. The maximum Gasteiger partial charge on any atom is 0.251 e. The van der Waals surface area contributed by atoms with Crippen molar-refractivity contribution in [2.45, 2.75) is 12.8 Å². The maximum atomic E-state index is 12.2. The van der Waals surface area contributed by atoms with E-state index in [1.165, 1.54) is 10.4 Å². The molecule has 0 spiro atoms. The predicted octanol–water partition coefficient (Wildman–Crippen LogP) is 5.36. The molecule has 0 atom stereocenters. The number of nitrogens with one attached hydrogen (secondary N) is 1. The highest BCUT2D eigenvalue weighted by atomic mass is 35.5. The number of amides is 1. The summed E-state index contributed by atoms with van der Waals surface area (Å²) in [5.41, 5.74) is 1.62. The average molecular weight is 500 g/mol. The number of rotatable bonds is 7. The van der Waals surface area contributed by atoms with E-state index in [1.54, 1.807) is 29.7 Å². The van der Waals surface area contributed by atoms with Gasteiger partial charge in [0.15, 0.2) is 0 Å². The van der Waals surface area contributed by atoms with Crippen molar-refractivity contribution < 1.29 is 4.79 Å². The molecule has 2 heterocycles. The van der Waals surface area contributed by atoms with Crippen LogP contribution in [0.1, 0.15) is 23.2 Å². The van der Waals surface area contributed by atoms with Gasteiger partial charge in [-0.2, -0.15) is 4.37 Å². The molecule has 0 saturated carbocycles. The van der Waals surface area contributed by atoms with E-state index >= 15 is 0 Å². The van der Waals surface area contributed by atoms with Crippen LogP contribution in [-0.4, -0.2) is 54.4 Å². The number of fused-ring (bicyclic) bond motifs is 1. The van der Waals surface area contributed by atoms with Crippen LogP contribution < -0.4 is 10.2 Å². The second-order valence-corrected chi connectivity index (χ2v) is 8.99. The summed E-state index contributed by atoms with van der Waals surface area (Å²) in [7, 11) is 0. The number of nitrogens with zero attached hydrogens (tertiary/aromatic N) is 3. The van der Waals surface area contributed by atoms with Gasteiger partial charge in [0, 0.05) is 43.7 Å². The van der Waals surface area contributed by atoms with Gasteiger partial charge in [-0.25, -0.2) is 0 Å². The molecule has 1 aliphatic rings. The van der Waals surface area contributed by atoms with Crippen molar-refractivity contribution in [2.24, 2.45) is 0 Å². The van der Waals surface area contributed by atoms with Crippen molar-refractivity contribution in [1.82, 2.24) is 14.6 Å². The second-order valence-electron chi connectivity index (χ2n) is 7.43. The van der Waals surface area contributed by atoms with Crippen molar-refractivity contribution in [2.75, 3.05) is 44.2 Å². The molecule has 31 heavy (non-hydrogen) atoms.